The summed E-state index contributed by atoms with van der Waals surface area (Å²) >= 11 is 0. The molecule has 0 N–H and O–H groups in total. The first-order valence-electron chi connectivity index (χ1n) is 5.62. The van der Waals surface area contributed by atoms with Crippen LogP contribution in [-0.4, -0.2) is 27.4 Å². The Morgan fingerprint density at radius 3 is 2.79 bits per heavy atom. The van der Waals surface area contributed by atoms with Gasteiger partial charge in [0.25, 0.3) is 5.89 Å². The number of ether oxygens (including phenoxy) is 1. The van der Waals surface area contributed by atoms with E-state index in [-0.39, 0.29) is 0 Å². The molecule has 2 aromatic heterocycles. The van der Waals surface area contributed by atoms with E-state index in [1.165, 1.54) is 0 Å². The molecule has 0 amide bonds. The lowest BCUT2D eigenvalue weighted by Gasteiger charge is -2.02. The van der Waals surface area contributed by atoms with Gasteiger partial charge in [0.1, 0.15) is 5.75 Å². The van der Waals surface area contributed by atoms with E-state index in [9.17, 15) is 0 Å². The van der Waals surface area contributed by atoms with Crippen LogP contribution in [0.2, 0.25) is 0 Å². The molecule has 0 aliphatic heterocycles. The van der Waals surface area contributed by atoms with Crippen LogP contribution < -0.4 is 4.74 Å². The number of para-hydroxylation sites is 1. The van der Waals surface area contributed by atoms with E-state index in [4.69, 9.17) is 9.26 Å². The molecule has 0 aliphatic carbocycles. The largest absolute Gasteiger partial charge is 0.496 e. The van der Waals surface area contributed by atoms with Gasteiger partial charge in [-0.05, 0) is 18.2 Å². The minimum absolute atomic E-state index is 0.399. The third kappa shape index (κ3) is 2.15. The first-order valence-corrected chi connectivity index (χ1v) is 5.62. The molecule has 0 saturated carbocycles. The molecule has 94 valence electrons. The summed E-state index contributed by atoms with van der Waals surface area (Å²) in [6.45, 7) is 0. The standard InChI is InChI=1S/C13H10N4O2/c1-18-11-5-3-2-4-10(11)12-16-13(19-17-12)9-6-7-14-15-8-9/h2-8H,1H3. The minimum Gasteiger partial charge on any atom is -0.496 e. The zero-order chi connectivity index (χ0) is 13.1. The molecule has 0 spiro atoms. The van der Waals surface area contributed by atoms with Gasteiger partial charge >= 0.3 is 0 Å². The number of nitrogens with zero attached hydrogens (tertiary/aromatic N) is 4. The Hall–Kier alpha value is -2.76. The van der Waals surface area contributed by atoms with Crippen molar-refractivity contribution in [2.24, 2.45) is 0 Å². The molecule has 6 heteroatoms. The predicted molar refractivity (Wildman–Crippen MR) is 67.3 cm³/mol. The summed E-state index contributed by atoms with van der Waals surface area (Å²) in [5.41, 5.74) is 1.51. The van der Waals surface area contributed by atoms with Crippen molar-refractivity contribution in [2.75, 3.05) is 7.11 Å². The number of methoxy groups -OCH3 is 1. The Morgan fingerprint density at radius 1 is 1.11 bits per heavy atom. The van der Waals surface area contributed by atoms with Crippen LogP contribution in [0.1, 0.15) is 0 Å². The normalized spacial score (nSPS) is 10.4. The summed E-state index contributed by atoms with van der Waals surface area (Å²) in [6, 6.07) is 9.25. The van der Waals surface area contributed by atoms with Crippen LogP contribution in [0.4, 0.5) is 0 Å². The van der Waals surface area contributed by atoms with Crippen molar-refractivity contribution in [1.29, 1.82) is 0 Å². The minimum atomic E-state index is 0.399. The van der Waals surface area contributed by atoms with E-state index in [0.717, 1.165) is 11.1 Å². The second-order valence-electron chi connectivity index (χ2n) is 3.75. The molecule has 0 bridgehead atoms. The van der Waals surface area contributed by atoms with Gasteiger partial charge < -0.3 is 9.26 Å². The summed E-state index contributed by atoms with van der Waals surface area (Å²) in [7, 11) is 1.60. The Kier molecular flexibility index (Phi) is 2.89. The van der Waals surface area contributed by atoms with Crippen molar-refractivity contribution >= 4 is 0 Å². The van der Waals surface area contributed by atoms with Gasteiger partial charge in [-0.2, -0.15) is 15.2 Å². The lowest BCUT2D eigenvalue weighted by Crippen LogP contribution is -1.88. The van der Waals surface area contributed by atoms with Crippen LogP contribution >= 0.6 is 0 Å². The highest BCUT2D eigenvalue weighted by Gasteiger charge is 2.13. The molecule has 0 atom stereocenters. The summed E-state index contributed by atoms with van der Waals surface area (Å²) in [5, 5.41) is 11.4. The first-order chi connectivity index (χ1) is 9.38. The summed E-state index contributed by atoms with van der Waals surface area (Å²) < 4.78 is 10.5. The van der Waals surface area contributed by atoms with E-state index >= 15 is 0 Å². The van der Waals surface area contributed by atoms with Crippen molar-refractivity contribution < 1.29 is 9.26 Å². The van der Waals surface area contributed by atoms with Crippen molar-refractivity contribution in [2.45, 2.75) is 0 Å². The molecule has 3 aromatic rings. The second-order valence-corrected chi connectivity index (χ2v) is 3.75. The van der Waals surface area contributed by atoms with Crippen LogP contribution in [0, 0.1) is 0 Å². The number of hydrogen-bond acceptors (Lipinski definition) is 6. The molecule has 0 aliphatic rings. The molecule has 2 heterocycles. The van der Waals surface area contributed by atoms with E-state index < -0.39 is 0 Å². The van der Waals surface area contributed by atoms with Crippen LogP contribution in [0.3, 0.4) is 0 Å². The third-order valence-corrected chi connectivity index (χ3v) is 2.61. The third-order valence-electron chi connectivity index (χ3n) is 2.61. The van der Waals surface area contributed by atoms with Gasteiger partial charge in [0.2, 0.25) is 5.82 Å². The highest BCUT2D eigenvalue weighted by atomic mass is 16.5. The van der Waals surface area contributed by atoms with Crippen molar-refractivity contribution in [3.05, 3.63) is 42.7 Å². The van der Waals surface area contributed by atoms with Crippen LogP contribution in [0.25, 0.3) is 22.8 Å². The van der Waals surface area contributed by atoms with Crippen LogP contribution in [0.5, 0.6) is 5.75 Å². The molecule has 1 aromatic carbocycles. The fraction of sp³-hybridized carbons (Fsp3) is 0.0769. The number of hydrogen-bond donors (Lipinski definition) is 0. The highest BCUT2D eigenvalue weighted by molar-refractivity contribution is 5.65. The van der Waals surface area contributed by atoms with E-state index in [1.54, 1.807) is 25.6 Å². The topological polar surface area (TPSA) is 73.9 Å². The molecule has 0 unspecified atom stereocenters. The van der Waals surface area contributed by atoms with Gasteiger partial charge in [-0.3, -0.25) is 0 Å². The maximum atomic E-state index is 5.27. The molecule has 6 nitrogen and oxygen atoms in total. The Bertz CT molecular complexity index is 682. The summed E-state index contributed by atoms with van der Waals surface area (Å²) in [4.78, 5) is 4.33. The van der Waals surface area contributed by atoms with Crippen LogP contribution in [0.15, 0.2) is 47.2 Å². The molecule has 0 radical (unpaired) electrons. The van der Waals surface area contributed by atoms with Crippen molar-refractivity contribution in [3.63, 3.8) is 0 Å². The predicted octanol–water partition coefficient (Wildman–Crippen LogP) is 2.20. The lowest BCUT2D eigenvalue weighted by molar-refractivity contribution is 0.413. The fourth-order valence-corrected chi connectivity index (χ4v) is 1.70. The zero-order valence-corrected chi connectivity index (χ0v) is 10.1. The molecular weight excluding hydrogens is 244 g/mol. The Balaban J connectivity index is 2.02. The van der Waals surface area contributed by atoms with Gasteiger partial charge in [-0.1, -0.05) is 17.3 Å². The maximum absolute atomic E-state index is 5.27. The molecule has 19 heavy (non-hydrogen) atoms. The van der Waals surface area contributed by atoms with E-state index in [0.29, 0.717) is 17.5 Å². The molecular formula is C13H10N4O2. The van der Waals surface area contributed by atoms with Gasteiger partial charge in [-0.15, -0.1) is 0 Å². The van der Waals surface area contributed by atoms with Gasteiger partial charge in [0.15, 0.2) is 0 Å². The molecule has 0 fully saturated rings. The van der Waals surface area contributed by atoms with Gasteiger partial charge in [0.05, 0.1) is 30.6 Å². The summed E-state index contributed by atoms with van der Waals surface area (Å²) in [6.07, 6.45) is 3.14. The quantitative estimate of drug-likeness (QED) is 0.713. The van der Waals surface area contributed by atoms with E-state index in [2.05, 4.69) is 20.3 Å². The summed E-state index contributed by atoms with van der Waals surface area (Å²) in [5.74, 6) is 1.57. The average Bonchev–Trinajstić information content (AvgIpc) is 2.98. The monoisotopic (exact) mass is 254 g/mol. The first kappa shape index (κ1) is 11.3. The van der Waals surface area contributed by atoms with Gasteiger partial charge in [-0.25, -0.2) is 0 Å². The average molecular weight is 254 g/mol. The van der Waals surface area contributed by atoms with Crippen molar-refractivity contribution in [1.82, 2.24) is 20.3 Å². The lowest BCUT2D eigenvalue weighted by atomic mass is 10.2. The zero-order valence-electron chi connectivity index (χ0n) is 10.1. The van der Waals surface area contributed by atoms with E-state index in [1.807, 2.05) is 24.3 Å². The molecule has 0 saturated heterocycles. The molecule has 3 rings (SSSR count). The van der Waals surface area contributed by atoms with Crippen molar-refractivity contribution in [3.8, 4) is 28.6 Å². The number of aromatic nitrogens is 4. The number of benzene rings is 1. The second kappa shape index (κ2) is 4.85. The highest BCUT2D eigenvalue weighted by Crippen LogP contribution is 2.28. The number of rotatable bonds is 3. The Labute approximate surface area is 109 Å². The SMILES string of the molecule is COc1ccccc1-c1noc(-c2ccnnc2)n1. The van der Waals surface area contributed by atoms with Crippen LogP contribution in [-0.2, 0) is 0 Å². The Morgan fingerprint density at radius 2 is 2.00 bits per heavy atom. The van der Waals surface area contributed by atoms with Gasteiger partial charge in [0, 0.05) is 0 Å². The fourth-order valence-electron chi connectivity index (χ4n) is 1.70. The smallest absolute Gasteiger partial charge is 0.259 e. The maximum Gasteiger partial charge on any atom is 0.259 e.